The summed E-state index contributed by atoms with van der Waals surface area (Å²) in [6.07, 6.45) is -5.41. The molecule has 1 aromatic carbocycles. The lowest BCUT2D eigenvalue weighted by Gasteiger charge is -2.18. The molecule has 0 fully saturated rings. The molecule has 17 heavy (non-hydrogen) atoms. The van der Waals surface area contributed by atoms with E-state index in [1.807, 2.05) is 31.2 Å². The van der Waals surface area contributed by atoms with Crippen LogP contribution in [0.1, 0.15) is 23.7 Å². The van der Waals surface area contributed by atoms with Gasteiger partial charge in [-0.1, -0.05) is 40.2 Å². The monoisotopic (exact) mass is 310 g/mol. The van der Waals surface area contributed by atoms with Gasteiger partial charge in [0.1, 0.15) is 0 Å². The quantitative estimate of drug-likeness (QED) is 0.732. The van der Waals surface area contributed by atoms with E-state index in [1.54, 1.807) is 0 Å². The smallest absolute Gasteiger partial charge is 0.372 e. The summed E-state index contributed by atoms with van der Waals surface area (Å²) < 4.78 is 41.3. The highest BCUT2D eigenvalue weighted by Gasteiger charge is 2.27. The summed E-state index contributed by atoms with van der Waals surface area (Å²) in [4.78, 5) is 0. The van der Waals surface area contributed by atoms with Crippen molar-refractivity contribution in [2.45, 2.75) is 25.6 Å². The van der Waals surface area contributed by atoms with Gasteiger partial charge in [-0.05, 0) is 18.1 Å². The molecule has 0 N–H and O–H groups in total. The fraction of sp³-hybridized carbons (Fsp3) is 0.500. The molecule has 1 rings (SSSR count). The molecular weight excluding hydrogens is 297 g/mol. The molecule has 0 aliphatic carbocycles. The summed E-state index contributed by atoms with van der Waals surface area (Å²) in [7, 11) is 0. The molecule has 0 radical (unpaired) electrons. The number of aryl methyl sites for hydroxylation is 1. The van der Waals surface area contributed by atoms with Gasteiger partial charge in [-0.2, -0.15) is 13.2 Å². The van der Waals surface area contributed by atoms with Gasteiger partial charge in [0.2, 0.25) is 0 Å². The maximum Gasteiger partial charge on any atom is 0.391 e. The highest BCUT2D eigenvalue weighted by molar-refractivity contribution is 9.09. The minimum Gasteiger partial charge on any atom is -0.372 e. The SMILES string of the molecule is Cc1ccccc1C(CBr)OCCC(F)(F)F. The molecule has 1 aromatic rings. The third kappa shape index (κ3) is 5.08. The number of alkyl halides is 4. The standard InChI is InChI=1S/C12H14BrF3O/c1-9-4-2-3-5-10(9)11(8-13)17-7-6-12(14,15)16/h2-5,11H,6-8H2,1H3. The Bertz CT molecular complexity index is 352. The third-order valence-electron chi connectivity index (χ3n) is 2.38. The second-order valence-electron chi connectivity index (χ2n) is 3.74. The predicted octanol–water partition coefficient (Wildman–Crippen LogP) is 4.40. The first-order chi connectivity index (χ1) is 7.94. The van der Waals surface area contributed by atoms with Crippen LogP contribution in [0.25, 0.3) is 0 Å². The van der Waals surface area contributed by atoms with Gasteiger partial charge in [0.25, 0.3) is 0 Å². The Balaban J connectivity index is 2.58. The molecule has 0 spiro atoms. The number of hydrogen-bond acceptors (Lipinski definition) is 1. The van der Waals surface area contributed by atoms with Crippen LogP contribution in [0.5, 0.6) is 0 Å². The largest absolute Gasteiger partial charge is 0.391 e. The molecule has 0 bridgehead atoms. The first-order valence-corrected chi connectivity index (χ1v) is 6.36. The van der Waals surface area contributed by atoms with E-state index in [2.05, 4.69) is 15.9 Å². The van der Waals surface area contributed by atoms with E-state index in [-0.39, 0.29) is 12.7 Å². The van der Waals surface area contributed by atoms with E-state index in [0.29, 0.717) is 5.33 Å². The van der Waals surface area contributed by atoms with Gasteiger partial charge in [0.15, 0.2) is 0 Å². The maximum absolute atomic E-state index is 12.0. The molecule has 1 nitrogen and oxygen atoms in total. The second-order valence-corrected chi connectivity index (χ2v) is 4.38. The highest BCUT2D eigenvalue weighted by atomic mass is 79.9. The maximum atomic E-state index is 12.0. The third-order valence-corrected chi connectivity index (χ3v) is 2.97. The predicted molar refractivity (Wildman–Crippen MR) is 64.3 cm³/mol. The number of halogens is 4. The van der Waals surface area contributed by atoms with Gasteiger partial charge < -0.3 is 4.74 Å². The Hall–Kier alpha value is -0.550. The van der Waals surface area contributed by atoms with Gasteiger partial charge >= 0.3 is 6.18 Å². The number of ether oxygens (including phenoxy) is 1. The van der Waals surface area contributed by atoms with Crippen LogP contribution in [0.15, 0.2) is 24.3 Å². The van der Waals surface area contributed by atoms with Crippen LogP contribution in [-0.2, 0) is 4.74 Å². The Labute approximate surface area is 107 Å². The van der Waals surface area contributed by atoms with Crippen LogP contribution in [0.2, 0.25) is 0 Å². The molecule has 0 aliphatic rings. The zero-order chi connectivity index (χ0) is 12.9. The first-order valence-electron chi connectivity index (χ1n) is 5.24. The Morgan fingerprint density at radius 1 is 1.29 bits per heavy atom. The van der Waals surface area contributed by atoms with Gasteiger partial charge in [0, 0.05) is 5.33 Å². The minimum absolute atomic E-state index is 0.311. The molecule has 0 amide bonds. The highest BCUT2D eigenvalue weighted by Crippen LogP contribution is 2.25. The topological polar surface area (TPSA) is 9.23 Å². The van der Waals surface area contributed by atoms with Crippen molar-refractivity contribution in [2.75, 3.05) is 11.9 Å². The lowest BCUT2D eigenvalue weighted by atomic mass is 10.0. The van der Waals surface area contributed by atoms with E-state index in [4.69, 9.17) is 4.74 Å². The molecule has 0 saturated carbocycles. The Morgan fingerprint density at radius 3 is 2.47 bits per heavy atom. The summed E-state index contributed by atoms with van der Waals surface area (Å²) in [6.45, 7) is 1.60. The van der Waals surface area contributed by atoms with E-state index >= 15 is 0 Å². The van der Waals surface area contributed by atoms with Crippen LogP contribution in [-0.4, -0.2) is 18.1 Å². The Morgan fingerprint density at radius 2 is 1.94 bits per heavy atom. The number of hydrogen-bond donors (Lipinski definition) is 0. The van der Waals surface area contributed by atoms with Crippen molar-refractivity contribution in [3.05, 3.63) is 35.4 Å². The summed E-state index contributed by atoms with van der Waals surface area (Å²) in [5.74, 6) is 0. The van der Waals surface area contributed by atoms with Crippen LogP contribution >= 0.6 is 15.9 Å². The van der Waals surface area contributed by atoms with Crippen molar-refractivity contribution >= 4 is 15.9 Å². The average molecular weight is 311 g/mol. The van der Waals surface area contributed by atoms with E-state index in [0.717, 1.165) is 11.1 Å². The normalized spacial score (nSPS) is 13.7. The molecule has 1 atom stereocenters. The fourth-order valence-corrected chi connectivity index (χ4v) is 2.02. The van der Waals surface area contributed by atoms with Crippen LogP contribution in [0.4, 0.5) is 13.2 Å². The summed E-state index contributed by atoms with van der Waals surface area (Å²) in [5.41, 5.74) is 1.94. The molecule has 0 heterocycles. The zero-order valence-corrected chi connectivity index (χ0v) is 11.0. The first kappa shape index (κ1) is 14.5. The number of benzene rings is 1. The van der Waals surface area contributed by atoms with Gasteiger partial charge in [-0.25, -0.2) is 0 Å². The second kappa shape index (κ2) is 6.40. The summed E-state index contributed by atoms with van der Waals surface area (Å²) in [5, 5.41) is 0.482. The summed E-state index contributed by atoms with van der Waals surface area (Å²) in [6, 6.07) is 7.53. The molecular formula is C12H14BrF3O. The molecule has 0 saturated heterocycles. The molecule has 0 aromatic heterocycles. The molecule has 0 aliphatic heterocycles. The van der Waals surface area contributed by atoms with Crippen molar-refractivity contribution in [3.8, 4) is 0 Å². The van der Waals surface area contributed by atoms with E-state index < -0.39 is 12.6 Å². The zero-order valence-electron chi connectivity index (χ0n) is 9.43. The van der Waals surface area contributed by atoms with E-state index in [9.17, 15) is 13.2 Å². The lowest BCUT2D eigenvalue weighted by molar-refractivity contribution is -0.148. The van der Waals surface area contributed by atoms with Gasteiger partial charge in [-0.15, -0.1) is 0 Å². The van der Waals surface area contributed by atoms with E-state index in [1.165, 1.54) is 0 Å². The van der Waals surface area contributed by atoms with Crippen LogP contribution < -0.4 is 0 Å². The van der Waals surface area contributed by atoms with Crippen molar-refractivity contribution in [1.29, 1.82) is 0 Å². The van der Waals surface area contributed by atoms with Crippen molar-refractivity contribution in [3.63, 3.8) is 0 Å². The van der Waals surface area contributed by atoms with Crippen LogP contribution in [0.3, 0.4) is 0 Å². The number of rotatable bonds is 5. The van der Waals surface area contributed by atoms with Crippen LogP contribution in [0, 0.1) is 6.92 Å². The van der Waals surface area contributed by atoms with Gasteiger partial charge in [-0.3, -0.25) is 0 Å². The van der Waals surface area contributed by atoms with Crippen molar-refractivity contribution in [1.82, 2.24) is 0 Å². The molecule has 1 unspecified atom stereocenters. The fourth-order valence-electron chi connectivity index (χ4n) is 1.48. The molecule has 5 heteroatoms. The minimum atomic E-state index is -4.16. The van der Waals surface area contributed by atoms with Crippen molar-refractivity contribution < 1.29 is 17.9 Å². The Kier molecular flexibility index (Phi) is 5.46. The van der Waals surface area contributed by atoms with Crippen molar-refractivity contribution in [2.24, 2.45) is 0 Å². The average Bonchev–Trinajstić information content (AvgIpc) is 2.24. The summed E-state index contributed by atoms with van der Waals surface area (Å²) >= 11 is 3.26. The van der Waals surface area contributed by atoms with Gasteiger partial charge in [0.05, 0.1) is 19.1 Å². The lowest BCUT2D eigenvalue weighted by Crippen LogP contribution is -2.15. The molecule has 96 valence electrons.